The molecule has 84 heavy (non-hydrogen) atoms. The number of fused-ring (bicyclic) bond motifs is 14. The summed E-state index contributed by atoms with van der Waals surface area (Å²) in [5.41, 5.74) is 5.34. The highest BCUT2D eigenvalue weighted by atomic mass is 16.3. The number of nitrogens with zero attached hydrogens (tertiary/aromatic N) is 6. The molecule has 0 aliphatic rings. The maximum Gasteiger partial charge on any atom is 0.213 e. The van der Waals surface area contributed by atoms with Gasteiger partial charge in [0.15, 0.2) is 17.5 Å². The first kappa shape index (κ1) is 34.5. The molecular weight excluding hydrogens is 1030 g/mol. The van der Waals surface area contributed by atoms with Gasteiger partial charge >= 0.3 is 0 Å². The monoisotopic (exact) mass is 1090 g/mol. The van der Waals surface area contributed by atoms with Gasteiger partial charge in [0.25, 0.3) is 0 Å². The van der Waals surface area contributed by atoms with Crippen LogP contribution in [0.15, 0.2) is 275 Å². The fraction of sp³-hybridized carbons (Fsp3) is 0. The van der Waals surface area contributed by atoms with Gasteiger partial charge in [-0.15, -0.1) is 0 Å². The fourth-order valence-corrected chi connectivity index (χ4v) is 12.1. The summed E-state index contributed by atoms with van der Waals surface area (Å²) in [5, 5.41) is 5.69. The van der Waals surface area contributed by atoms with Crippen molar-refractivity contribution in [3.63, 3.8) is 0 Å². The third-order valence-electron chi connectivity index (χ3n) is 15.7. The van der Waals surface area contributed by atoms with Gasteiger partial charge in [-0.1, -0.05) is 200 Å². The summed E-state index contributed by atoms with van der Waals surface area (Å²) in [6, 6.07) is 44.1. The SMILES string of the molecule is [2H]c1c([2H])c([2H])c(-c2nc(-c3cc([N+]#[C-])c(-n4c5ccc(-c6ccccc6)cc5c5c6oc7ccccc7c6ccc54)c(-n4c5ccc(-c6ccccc6)cc5c5c6oc7ccccc7c6ccc54)c3-c3c([2H])c([2H])c([2H])c([2H])c3[2H])nc(-c3c([2H])c([2H])c([2H])c([2H])c3[2H])n2)c([2H])c1[2H]. The van der Waals surface area contributed by atoms with Crippen LogP contribution in [0.5, 0.6) is 0 Å². The molecule has 8 heteroatoms. The van der Waals surface area contributed by atoms with Crippen LogP contribution < -0.4 is 0 Å². The lowest BCUT2D eigenvalue weighted by Gasteiger charge is -2.25. The molecule has 0 aliphatic heterocycles. The summed E-state index contributed by atoms with van der Waals surface area (Å²) in [7, 11) is 0. The van der Waals surface area contributed by atoms with Crippen LogP contribution in [0, 0.1) is 6.57 Å². The zero-order valence-electron chi connectivity index (χ0n) is 58.7. The number of rotatable bonds is 8. The lowest BCUT2D eigenvalue weighted by Crippen LogP contribution is -2.09. The molecule has 390 valence electrons. The van der Waals surface area contributed by atoms with Gasteiger partial charge in [-0.3, -0.25) is 0 Å². The highest BCUT2D eigenvalue weighted by Crippen LogP contribution is 2.52. The second-order valence-electron chi connectivity index (χ2n) is 20.2. The Morgan fingerprint density at radius 2 is 0.786 bits per heavy atom. The Balaban J connectivity index is 1.14. The van der Waals surface area contributed by atoms with Crippen LogP contribution in [0.4, 0.5) is 5.69 Å². The highest BCUT2D eigenvalue weighted by Gasteiger charge is 2.32. The average molecular weight is 1090 g/mol. The van der Waals surface area contributed by atoms with Crippen molar-refractivity contribution in [3.8, 4) is 78.9 Å². The van der Waals surface area contributed by atoms with Gasteiger partial charge in [-0.25, -0.2) is 19.8 Å². The Morgan fingerprint density at radius 3 is 1.27 bits per heavy atom. The predicted molar refractivity (Wildman–Crippen MR) is 342 cm³/mol. The van der Waals surface area contributed by atoms with Crippen LogP contribution >= 0.6 is 0 Å². The first-order valence-corrected chi connectivity index (χ1v) is 26.8. The molecule has 0 aliphatic carbocycles. The molecule has 0 unspecified atom stereocenters. The lowest BCUT2D eigenvalue weighted by molar-refractivity contribution is 0.672. The fourth-order valence-electron chi connectivity index (χ4n) is 12.1. The second kappa shape index (κ2) is 18.7. The maximum absolute atomic E-state index is 10.2. The van der Waals surface area contributed by atoms with Crippen molar-refractivity contribution in [3.05, 3.63) is 278 Å². The number of aromatic nitrogens is 5. The van der Waals surface area contributed by atoms with E-state index in [9.17, 15) is 17.5 Å². The minimum atomic E-state index is -0.790. The minimum Gasteiger partial charge on any atom is -0.455 e. The van der Waals surface area contributed by atoms with Crippen LogP contribution in [0.3, 0.4) is 0 Å². The number of para-hydroxylation sites is 2. The van der Waals surface area contributed by atoms with Crippen LogP contribution in [-0.2, 0) is 0 Å². The third kappa shape index (κ3) is 7.23. The van der Waals surface area contributed by atoms with E-state index in [2.05, 4.69) is 9.83 Å². The van der Waals surface area contributed by atoms with E-state index in [0.29, 0.717) is 65.9 Å². The molecule has 0 spiro atoms. The predicted octanol–water partition coefficient (Wildman–Crippen LogP) is 20.4. The standard InChI is InChI=1S/C76H44N6O2/c1-77-60-45-59(76-79-74(49-27-13-5-14-28-49)78-75(80-76)50-29-15-6-16-30-50)67(48-25-11-4-12-26-48)71(82-62-40-36-52(47-23-9-3-10-24-47)44-58(62)69-64(82)42-38-56-54-32-18-20-34-66(54)84-73(56)69)70(60)81-61-39-35-51(46-21-7-2-8-22-46)43-57(61)68-63(81)41-37-55-53-31-17-19-33-65(53)83-72(55)68/h2-45H/i4D,5D,6D,11D,12D,13D,14D,15D,16D,25D,26D,27D,28D,29D,30D. The maximum atomic E-state index is 10.2. The van der Waals surface area contributed by atoms with Crippen molar-refractivity contribution in [2.45, 2.75) is 0 Å². The Labute approximate surface area is 501 Å². The molecule has 5 aromatic heterocycles. The molecule has 12 aromatic carbocycles. The molecule has 0 atom stereocenters. The number of hydrogen-bond acceptors (Lipinski definition) is 5. The minimum absolute atomic E-state index is 0.00437. The summed E-state index contributed by atoms with van der Waals surface area (Å²) in [6.07, 6.45) is 0. The molecule has 0 radical (unpaired) electrons. The van der Waals surface area contributed by atoms with E-state index >= 15 is 0 Å². The van der Waals surface area contributed by atoms with Crippen LogP contribution in [-0.4, -0.2) is 24.1 Å². The first-order chi connectivity index (χ1) is 47.8. The van der Waals surface area contributed by atoms with Gasteiger partial charge in [0.1, 0.15) is 22.3 Å². The summed E-state index contributed by atoms with van der Waals surface area (Å²) in [6.45, 7) is 9.65. The van der Waals surface area contributed by atoms with E-state index in [1.165, 1.54) is 6.07 Å². The quantitative estimate of drug-likeness (QED) is 0.142. The Kier molecular flexibility index (Phi) is 7.68. The summed E-state index contributed by atoms with van der Waals surface area (Å²) in [5.74, 6) is -1.84. The summed E-state index contributed by atoms with van der Waals surface area (Å²) in [4.78, 5) is 18.9. The normalized spacial score (nSPS) is 14.3. The van der Waals surface area contributed by atoms with Gasteiger partial charge in [0.05, 0.1) is 71.3 Å². The van der Waals surface area contributed by atoms with E-state index in [1.54, 1.807) is 0 Å². The zero-order chi connectivity index (χ0) is 68.5. The van der Waals surface area contributed by atoms with Crippen molar-refractivity contribution >= 4 is 93.2 Å². The topological polar surface area (TPSA) is 79.2 Å². The van der Waals surface area contributed by atoms with Crippen molar-refractivity contribution in [1.82, 2.24) is 24.1 Å². The Hall–Kier alpha value is -11.7. The van der Waals surface area contributed by atoms with Gasteiger partial charge in [0.2, 0.25) is 5.69 Å². The van der Waals surface area contributed by atoms with Crippen LogP contribution in [0.1, 0.15) is 20.6 Å². The lowest BCUT2D eigenvalue weighted by atomic mass is 9.93. The molecular formula is C76H44N6O2. The molecule has 5 heterocycles. The molecule has 0 saturated carbocycles. The molecule has 0 amide bonds. The second-order valence-corrected chi connectivity index (χ2v) is 20.2. The number of furan rings is 2. The smallest absolute Gasteiger partial charge is 0.213 e. The van der Waals surface area contributed by atoms with E-state index in [1.807, 2.05) is 179 Å². The van der Waals surface area contributed by atoms with Crippen molar-refractivity contribution < 1.29 is 29.4 Å². The van der Waals surface area contributed by atoms with E-state index in [4.69, 9.17) is 28.4 Å². The molecule has 17 rings (SSSR count). The summed E-state index contributed by atoms with van der Waals surface area (Å²) >= 11 is 0. The first-order valence-electron chi connectivity index (χ1n) is 34.3. The van der Waals surface area contributed by atoms with E-state index in [0.717, 1.165) is 43.8 Å². The Bertz CT molecular complexity index is 6340. The van der Waals surface area contributed by atoms with E-state index < -0.39 is 125 Å². The molecule has 0 bridgehead atoms. The highest BCUT2D eigenvalue weighted by molar-refractivity contribution is 6.27. The van der Waals surface area contributed by atoms with Crippen LogP contribution in [0.2, 0.25) is 0 Å². The van der Waals surface area contributed by atoms with Gasteiger partial charge in [-0.2, -0.15) is 0 Å². The molecule has 0 fully saturated rings. The largest absolute Gasteiger partial charge is 0.455 e. The average Bonchev–Trinajstić information content (AvgIpc) is 1.58. The molecule has 17 aromatic rings. The van der Waals surface area contributed by atoms with E-state index in [-0.39, 0.29) is 28.2 Å². The van der Waals surface area contributed by atoms with Crippen molar-refractivity contribution in [2.24, 2.45) is 0 Å². The summed E-state index contributed by atoms with van der Waals surface area (Å²) < 4.78 is 156. The molecule has 0 saturated heterocycles. The zero-order valence-corrected chi connectivity index (χ0v) is 43.7. The van der Waals surface area contributed by atoms with Gasteiger partial charge in [0, 0.05) is 54.6 Å². The third-order valence-corrected chi connectivity index (χ3v) is 15.7. The van der Waals surface area contributed by atoms with Crippen molar-refractivity contribution in [2.75, 3.05) is 0 Å². The molecule has 0 N–H and O–H groups in total. The van der Waals surface area contributed by atoms with Crippen LogP contribution in [0.25, 0.3) is 171 Å². The molecule has 8 nitrogen and oxygen atoms in total. The van der Waals surface area contributed by atoms with Gasteiger partial charge < -0.3 is 18.0 Å². The number of hydrogen-bond donors (Lipinski definition) is 0. The Morgan fingerprint density at radius 1 is 0.357 bits per heavy atom. The van der Waals surface area contributed by atoms with Crippen molar-refractivity contribution in [1.29, 1.82) is 0 Å². The number of benzene rings is 12. The van der Waals surface area contributed by atoms with Gasteiger partial charge in [-0.05, 0) is 94.5 Å².